The normalized spacial score (nSPS) is 16.9. The van der Waals surface area contributed by atoms with E-state index in [1.807, 2.05) is 39.0 Å². The molecule has 1 N–H and O–H groups in total. The smallest absolute Gasteiger partial charge is 0.266 e. The third-order valence-electron chi connectivity index (χ3n) is 9.30. The zero-order chi connectivity index (χ0) is 35.4. The lowest BCUT2D eigenvalue weighted by molar-refractivity contribution is -0.135. The molecule has 1 aromatic heterocycles. The number of piperidine rings is 1. The van der Waals surface area contributed by atoms with Gasteiger partial charge in [-0.2, -0.15) is 0 Å². The number of hydrogen-bond donors (Lipinski definition) is 1. The van der Waals surface area contributed by atoms with Crippen molar-refractivity contribution in [1.29, 1.82) is 0 Å². The number of rotatable bonds is 11. The van der Waals surface area contributed by atoms with Gasteiger partial charge in [0.2, 0.25) is 0 Å². The van der Waals surface area contributed by atoms with Gasteiger partial charge < -0.3 is 19.5 Å². The number of benzene rings is 3. The number of halogens is 1. The van der Waals surface area contributed by atoms with Crippen LogP contribution in [0.5, 0.6) is 11.5 Å². The van der Waals surface area contributed by atoms with Crippen molar-refractivity contribution in [2.45, 2.75) is 51.9 Å². The molecule has 2 aliphatic rings. The molecule has 2 saturated heterocycles. The van der Waals surface area contributed by atoms with Gasteiger partial charge in [0.15, 0.2) is 12.4 Å². The highest BCUT2D eigenvalue weighted by Gasteiger charge is 2.29. The molecule has 3 heterocycles. The van der Waals surface area contributed by atoms with Gasteiger partial charge in [-0.25, -0.2) is 4.98 Å². The van der Waals surface area contributed by atoms with Crippen molar-refractivity contribution in [3.8, 4) is 17.2 Å². The second kappa shape index (κ2) is 15.3. The fourth-order valence-corrected chi connectivity index (χ4v) is 6.49. The number of hydrogen-bond acceptors (Lipinski definition) is 9. The molecule has 50 heavy (non-hydrogen) atoms. The van der Waals surface area contributed by atoms with E-state index in [4.69, 9.17) is 26.1 Å². The Morgan fingerprint density at radius 3 is 2.34 bits per heavy atom. The Balaban J connectivity index is 1.25. The molecule has 3 aromatic carbocycles. The minimum absolute atomic E-state index is 0.0698. The second-order valence-electron chi connectivity index (χ2n) is 13.6. The Morgan fingerprint density at radius 1 is 0.940 bits per heavy atom. The molecular formula is C38H44ClN5O6. The number of para-hydroxylation sites is 1. The van der Waals surface area contributed by atoms with Crippen LogP contribution < -0.4 is 15.0 Å². The molecule has 1 amide bonds. The van der Waals surface area contributed by atoms with Gasteiger partial charge in [-0.1, -0.05) is 23.7 Å². The van der Waals surface area contributed by atoms with Crippen molar-refractivity contribution in [3.63, 3.8) is 0 Å². The number of likely N-dealkylation sites (tertiary alicyclic amines) is 1. The van der Waals surface area contributed by atoms with E-state index in [1.54, 1.807) is 58.0 Å². The van der Waals surface area contributed by atoms with Crippen LogP contribution in [-0.2, 0) is 11.3 Å². The SMILES string of the molecule is CC(C)Oc1ccc(C(=O)CN2CCC(C)(O)CC2)cc1-n1c(CN2CCN(C(=O)COc3ccc(Cl)cc3)CC2)nc2ccccc2c1=O. The number of piperazine rings is 1. The lowest BCUT2D eigenvalue weighted by atomic mass is 9.93. The Bertz CT molecular complexity index is 1890. The summed E-state index contributed by atoms with van der Waals surface area (Å²) in [6.45, 7) is 9.56. The average molecular weight is 702 g/mol. The van der Waals surface area contributed by atoms with Crippen molar-refractivity contribution in [2.24, 2.45) is 0 Å². The second-order valence-corrected chi connectivity index (χ2v) is 14.1. The molecule has 0 bridgehead atoms. The van der Waals surface area contributed by atoms with Crippen LogP contribution in [0.15, 0.2) is 71.5 Å². The maximum atomic E-state index is 14.3. The van der Waals surface area contributed by atoms with Crippen LogP contribution in [0.1, 0.15) is 49.8 Å². The summed E-state index contributed by atoms with van der Waals surface area (Å²) in [7, 11) is 0. The summed E-state index contributed by atoms with van der Waals surface area (Å²) in [5.41, 5.74) is 0.536. The van der Waals surface area contributed by atoms with Gasteiger partial charge in [-0.15, -0.1) is 0 Å². The van der Waals surface area contributed by atoms with Gasteiger partial charge in [0.05, 0.1) is 41.4 Å². The molecule has 0 spiro atoms. The van der Waals surface area contributed by atoms with E-state index < -0.39 is 5.60 Å². The van der Waals surface area contributed by atoms with Crippen molar-refractivity contribution < 1.29 is 24.2 Å². The van der Waals surface area contributed by atoms with E-state index in [-0.39, 0.29) is 36.5 Å². The molecule has 4 aromatic rings. The lowest BCUT2D eigenvalue weighted by Gasteiger charge is -2.35. The third kappa shape index (κ3) is 8.53. The molecular weight excluding hydrogens is 658 g/mol. The molecule has 0 radical (unpaired) electrons. The maximum Gasteiger partial charge on any atom is 0.266 e. The Morgan fingerprint density at radius 2 is 1.64 bits per heavy atom. The number of fused-ring (bicyclic) bond motifs is 1. The minimum atomic E-state index is -0.711. The molecule has 12 heteroatoms. The van der Waals surface area contributed by atoms with Gasteiger partial charge in [0, 0.05) is 49.9 Å². The minimum Gasteiger partial charge on any atom is -0.489 e. The number of ketones is 1. The molecule has 0 aliphatic carbocycles. The van der Waals surface area contributed by atoms with Crippen molar-refractivity contribution >= 4 is 34.2 Å². The van der Waals surface area contributed by atoms with E-state index in [9.17, 15) is 19.5 Å². The van der Waals surface area contributed by atoms with Crippen LogP contribution in [0.2, 0.25) is 5.02 Å². The number of ether oxygens (including phenoxy) is 2. The fourth-order valence-electron chi connectivity index (χ4n) is 6.36. The fraction of sp³-hybridized carbons (Fsp3) is 0.421. The number of carbonyl (C=O) groups excluding carboxylic acids is 2. The molecule has 2 aliphatic heterocycles. The van der Waals surface area contributed by atoms with Crippen LogP contribution in [-0.4, -0.2) is 105 Å². The first-order chi connectivity index (χ1) is 24.0. The average Bonchev–Trinajstić information content (AvgIpc) is 3.09. The predicted octanol–water partition coefficient (Wildman–Crippen LogP) is 4.58. The van der Waals surface area contributed by atoms with E-state index in [0.29, 0.717) is 103 Å². The van der Waals surface area contributed by atoms with Crippen LogP contribution in [0.25, 0.3) is 16.6 Å². The molecule has 6 rings (SSSR count). The summed E-state index contributed by atoms with van der Waals surface area (Å²) in [6.07, 6.45) is 1.03. The Kier molecular flexibility index (Phi) is 10.9. The topological polar surface area (TPSA) is 117 Å². The highest BCUT2D eigenvalue weighted by atomic mass is 35.5. The molecule has 0 unspecified atom stereocenters. The molecule has 0 atom stereocenters. The molecule has 2 fully saturated rings. The summed E-state index contributed by atoms with van der Waals surface area (Å²) in [6, 6.07) is 19.4. The van der Waals surface area contributed by atoms with E-state index >= 15 is 0 Å². The van der Waals surface area contributed by atoms with Gasteiger partial charge >= 0.3 is 0 Å². The van der Waals surface area contributed by atoms with E-state index in [2.05, 4.69) is 9.80 Å². The van der Waals surface area contributed by atoms with Crippen molar-refractivity contribution in [3.05, 3.63) is 93.5 Å². The number of nitrogens with zero attached hydrogens (tertiary/aromatic N) is 5. The highest BCUT2D eigenvalue weighted by molar-refractivity contribution is 6.30. The molecule has 264 valence electrons. The first kappa shape index (κ1) is 35.5. The van der Waals surface area contributed by atoms with Crippen LogP contribution in [0, 0.1) is 0 Å². The van der Waals surface area contributed by atoms with Gasteiger partial charge in [-0.05, 0) is 88.2 Å². The Labute approximate surface area is 297 Å². The van der Waals surface area contributed by atoms with Crippen LogP contribution >= 0.6 is 11.6 Å². The predicted molar refractivity (Wildman–Crippen MR) is 193 cm³/mol. The number of aromatic nitrogens is 2. The number of aliphatic hydroxyl groups is 1. The standard InChI is InChI=1S/C38H44ClN5O6/c1-26(2)50-34-13-8-27(33(45)23-41-16-14-38(3,48)15-17-41)22-32(34)44-35(40-31-7-5-4-6-30(31)37(44)47)24-42-18-20-43(21-19-42)36(46)25-49-29-11-9-28(39)10-12-29/h4-13,22,26,48H,14-21,23-25H2,1-3H3. The first-order valence-electron chi connectivity index (χ1n) is 17.1. The number of amides is 1. The maximum absolute atomic E-state index is 14.3. The summed E-state index contributed by atoms with van der Waals surface area (Å²) in [5, 5.41) is 11.4. The first-order valence-corrected chi connectivity index (χ1v) is 17.5. The summed E-state index contributed by atoms with van der Waals surface area (Å²) < 4.78 is 13.5. The van der Waals surface area contributed by atoms with E-state index in [0.717, 1.165) is 0 Å². The summed E-state index contributed by atoms with van der Waals surface area (Å²) in [5.74, 6) is 1.38. The zero-order valence-corrected chi connectivity index (χ0v) is 29.6. The number of Topliss-reactive ketones (excluding diaryl/α,β-unsaturated/α-hetero) is 1. The number of carbonyl (C=O) groups is 2. The van der Waals surface area contributed by atoms with E-state index in [1.165, 1.54) is 0 Å². The molecule has 11 nitrogen and oxygen atoms in total. The Hall–Kier alpha value is -4.29. The largest absolute Gasteiger partial charge is 0.489 e. The lowest BCUT2D eigenvalue weighted by Crippen LogP contribution is -2.50. The zero-order valence-electron chi connectivity index (χ0n) is 28.8. The molecule has 0 saturated carbocycles. The van der Waals surface area contributed by atoms with Crippen LogP contribution in [0.4, 0.5) is 0 Å². The third-order valence-corrected chi connectivity index (χ3v) is 9.55. The van der Waals surface area contributed by atoms with Gasteiger partial charge in [0.25, 0.3) is 11.5 Å². The summed E-state index contributed by atoms with van der Waals surface area (Å²) >= 11 is 5.95. The quantitative estimate of drug-likeness (QED) is 0.224. The summed E-state index contributed by atoms with van der Waals surface area (Å²) in [4.78, 5) is 51.8. The van der Waals surface area contributed by atoms with Crippen molar-refractivity contribution in [1.82, 2.24) is 24.3 Å². The highest BCUT2D eigenvalue weighted by Crippen LogP contribution is 2.28. The monoisotopic (exact) mass is 701 g/mol. The van der Waals surface area contributed by atoms with Gasteiger partial charge in [-0.3, -0.25) is 28.8 Å². The van der Waals surface area contributed by atoms with Gasteiger partial charge in [0.1, 0.15) is 17.3 Å². The van der Waals surface area contributed by atoms with Crippen molar-refractivity contribution in [2.75, 3.05) is 52.4 Å². The van der Waals surface area contributed by atoms with Crippen LogP contribution in [0.3, 0.4) is 0 Å².